The molecular weight excluding hydrogens is 490 g/mol. The fourth-order valence-corrected chi connectivity index (χ4v) is 4.67. The van der Waals surface area contributed by atoms with Crippen molar-refractivity contribution in [1.29, 1.82) is 0 Å². The van der Waals surface area contributed by atoms with Crippen LogP contribution in [0.3, 0.4) is 0 Å². The summed E-state index contributed by atoms with van der Waals surface area (Å²) in [4.78, 5) is 7.72. The second-order valence-corrected chi connectivity index (χ2v) is 9.59. The minimum atomic E-state index is -4.74. The van der Waals surface area contributed by atoms with Gasteiger partial charge in [-0.3, -0.25) is 14.1 Å². The topological polar surface area (TPSA) is 148 Å². The Labute approximate surface area is 235 Å². The average molecular weight is 504 g/mol. The molecule has 33 heavy (non-hydrogen) atoms. The minimum absolute atomic E-state index is 0. The Balaban J connectivity index is 0.00000153. The molecular formula is C20H14N2Na2O7S2. The summed E-state index contributed by atoms with van der Waals surface area (Å²) in [6.45, 7) is 0. The molecule has 160 valence electrons. The summed E-state index contributed by atoms with van der Waals surface area (Å²) in [6, 6.07) is 13.6. The van der Waals surface area contributed by atoms with Crippen LogP contribution in [0.25, 0.3) is 44.2 Å². The monoisotopic (exact) mass is 504 g/mol. The summed E-state index contributed by atoms with van der Waals surface area (Å²) in [5.74, 6) is 0.102. The first-order chi connectivity index (χ1) is 14.6. The Hall–Kier alpha value is -1.38. The van der Waals surface area contributed by atoms with Crippen molar-refractivity contribution in [3.8, 4) is 11.5 Å². The zero-order valence-corrected chi connectivity index (χ0v) is 23.1. The van der Waals surface area contributed by atoms with Crippen LogP contribution in [0.15, 0.2) is 75.0 Å². The van der Waals surface area contributed by atoms with E-state index in [0.717, 1.165) is 17.5 Å². The maximum atomic E-state index is 12.0. The maximum Gasteiger partial charge on any atom is 1.00 e. The van der Waals surface area contributed by atoms with Gasteiger partial charge in [0.2, 0.25) is 5.89 Å². The number of para-hydroxylation sites is 1. The van der Waals surface area contributed by atoms with Gasteiger partial charge in [-0.15, -0.1) is 0 Å². The molecule has 0 radical (unpaired) electrons. The molecule has 5 aromatic rings. The summed E-state index contributed by atoms with van der Waals surface area (Å²) in [6.07, 6.45) is 1.56. The number of aromatic nitrogens is 2. The van der Waals surface area contributed by atoms with Gasteiger partial charge in [-0.25, -0.2) is 4.98 Å². The Kier molecular flexibility index (Phi) is 7.43. The number of fused-ring (bicyclic) bond motifs is 4. The van der Waals surface area contributed by atoms with Gasteiger partial charge >= 0.3 is 59.1 Å². The molecule has 0 fully saturated rings. The van der Waals surface area contributed by atoms with Crippen molar-refractivity contribution in [2.24, 2.45) is 0 Å². The molecule has 0 unspecified atom stereocenters. The summed E-state index contributed by atoms with van der Waals surface area (Å²) in [7, 11) is -9.26. The number of benzene rings is 3. The second kappa shape index (κ2) is 9.34. The fraction of sp³-hybridized carbons (Fsp3) is 0. The van der Waals surface area contributed by atoms with Crippen LogP contribution >= 0.6 is 0 Å². The summed E-state index contributed by atoms with van der Waals surface area (Å²) >= 11 is 0. The standard InChI is InChI=1S/C20H12N2O7S2.2Na.2H/c23-30(24,25)12-5-6-13-11(9-12)10-17(31(26,27)28)19-18(13)22-20(29-19)15-7-8-21-16-4-2-1-3-14(15)16;;;;/h1-10H,(H,23,24,25)(H,26,27,28);;;;/q;2*+1;2*-1. The number of pyridine rings is 1. The number of hydrogen-bond acceptors (Lipinski definition) is 7. The van der Waals surface area contributed by atoms with E-state index in [1.54, 1.807) is 18.3 Å². The van der Waals surface area contributed by atoms with Gasteiger partial charge in [-0.05, 0) is 35.7 Å². The smallest absolute Gasteiger partial charge is 1.00 e. The predicted molar refractivity (Wildman–Crippen MR) is 114 cm³/mol. The Morgan fingerprint density at radius 2 is 1.58 bits per heavy atom. The van der Waals surface area contributed by atoms with Crippen LogP contribution in [0.1, 0.15) is 2.85 Å². The van der Waals surface area contributed by atoms with Gasteiger partial charge in [0.25, 0.3) is 20.2 Å². The van der Waals surface area contributed by atoms with E-state index in [0.29, 0.717) is 16.5 Å². The molecule has 0 saturated carbocycles. The Morgan fingerprint density at radius 1 is 0.848 bits per heavy atom. The van der Waals surface area contributed by atoms with Crippen molar-refractivity contribution in [3.63, 3.8) is 0 Å². The van der Waals surface area contributed by atoms with Gasteiger partial charge in [0, 0.05) is 22.5 Å². The van der Waals surface area contributed by atoms with Crippen LogP contribution in [0.2, 0.25) is 0 Å². The largest absolute Gasteiger partial charge is 1.00 e. The van der Waals surface area contributed by atoms with E-state index in [2.05, 4.69) is 9.97 Å². The van der Waals surface area contributed by atoms with Gasteiger partial charge in [-0.1, -0.05) is 24.3 Å². The number of rotatable bonds is 3. The van der Waals surface area contributed by atoms with Crippen molar-refractivity contribution >= 4 is 53.0 Å². The molecule has 0 aliphatic heterocycles. The molecule has 13 heteroatoms. The number of nitrogens with zero attached hydrogens (tertiary/aromatic N) is 2. The zero-order valence-electron chi connectivity index (χ0n) is 19.4. The number of hydrogen-bond donors (Lipinski definition) is 2. The van der Waals surface area contributed by atoms with E-state index < -0.39 is 30.0 Å². The van der Waals surface area contributed by atoms with E-state index in [1.807, 2.05) is 18.2 Å². The van der Waals surface area contributed by atoms with Crippen LogP contribution in [0, 0.1) is 0 Å². The van der Waals surface area contributed by atoms with Gasteiger partial charge in [0.1, 0.15) is 10.4 Å². The van der Waals surface area contributed by atoms with Crippen LogP contribution in [0.5, 0.6) is 0 Å². The minimum Gasteiger partial charge on any atom is -1.00 e. The third kappa shape index (κ3) is 4.76. The predicted octanol–water partition coefficient (Wildman–Crippen LogP) is -2.08. The first kappa shape index (κ1) is 26.2. The van der Waals surface area contributed by atoms with E-state index in [9.17, 15) is 25.9 Å². The van der Waals surface area contributed by atoms with Gasteiger partial charge in [-0.2, -0.15) is 16.8 Å². The van der Waals surface area contributed by atoms with Crippen molar-refractivity contribution in [2.75, 3.05) is 0 Å². The van der Waals surface area contributed by atoms with Crippen molar-refractivity contribution in [2.45, 2.75) is 9.79 Å². The van der Waals surface area contributed by atoms with E-state index in [-0.39, 0.29) is 84.3 Å². The van der Waals surface area contributed by atoms with Crippen LogP contribution in [-0.4, -0.2) is 35.9 Å². The SMILES string of the molecule is O=S(=O)(O)c1ccc2c(c1)cc(S(=O)(=O)O)c1oc(-c3ccnc4ccccc34)nc12.[H-].[H-].[Na+].[Na+]. The molecule has 9 nitrogen and oxygen atoms in total. The third-order valence-corrected chi connectivity index (χ3v) is 6.58. The molecule has 5 rings (SSSR count). The van der Waals surface area contributed by atoms with Gasteiger partial charge in [0.15, 0.2) is 5.58 Å². The third-order valence-electron chi connectivity index (χ3n) is 4.87. The summed E-state index contributed by atoms with van der Waals surface area (Å²) < 4.78 is 71.8. The van der Waals surface area contributed by atoms with E-state index in [4.69, 9.17) is 4.42 Å². The number of oxazole rings is 1. The molecule has 0 aliphatic carbocycles. The van der Waals surface area contributed by atoms with E-state index in [1.165, 1.54) is 12.1 Å². The van der Waals surface area contributed by atoms with Crippen LogP contribution in [-0.2, 0) is 20.2 Å². The molecule has 3 aromatic carbocycles. The first-order valence-corrected chi connectivity index (χ1v) is 11.7. The van der Waals surface area contributed by atoms with Gasteiger partial charge in [0.05, 0.1) is 10.4 Å². The average Bonchev–Trinajstić information content (AvgIpc) is 3.16. The van der Waals surface area contributed by atoms with Crippen molar-refractivity contribution < 1.29 is 92.3 Å². The summed E-state index contributed by atoms with van der Waals surface area (Å²) in [5.41, 5.74) is 1.18. The summed E-state index contributed by atoms with van der Waals surface area (Å²) in [5, 5.41) is 1.24. The quantitative estimate of drug-likeness (QED) is 0.209. The fourth-order valence-electron chi connectivity index (χ4n) is 3.50. The van der Waals surface area contributed by atoms with Gasteiger partial charge < -0.3 is 7.27 Å². The van der Waals surface area contributed by atoms with Crippen molar-refractivity contribution in [1.82, 2.24) is 9.97 Å². The molecule has 0 saturated heterocycles. The molecule has 2 N–H and O–H groups in total. The molecule has 0 amide bonds. The molecule has 0 atom stereocenters. The van der Waals surface area contributed by atoms with Crippen molar-refractivity contribution in [3.05, 3.63) is 60.8 Å². The zero-order chi connectivity index (χ0) is 22.0. The maximum absolute atomic E-state index is 12.0. The molecule has 2 heterocycles. The van der Waals surface area contributed by atoms with E-state index >= 15 is 0 Å². The first-order valence-electron chi connectivity index (χ1n) is 8.79. The molecule has 0 bridgehead atoms. The Morgan fingerprint density at radius 3 is 2.27 bits per heavy atom. The van der Waals surface area contributed by atoms with Crippen LogP contribution < -0.4 is 59.1 Å². The molecule has 2 aromatic heterocycles. The second-order valence-electron chi connectivity index (χ2n) is 6.78. The molecule has 0 aliphatic rings. The Bertz CT molecular complexity index is 1760. The van der Waals surface area contributed by atoms with Crippen LogP contribution in [0.4, 0.5) is 0 Å². The molecule has 0 spiro atoms. The normalized spacial score (nSPS) is 11.9.